The summed E-state index contributed by atoms with van der Waals surface area (Å²) in [4.78, 5) is 24.7. The molecule has 9 heteroatoms. The fraction of sp³-hybridized carbons (Fsp3) is 0.0714. The first-order valence-electron chi connectivity index (χ1n) is 11.0. The summed E-state index contributed by atoms with van der Waals surface area (Å²) in [7, 11) is -0.810. The predicted molar refractivity (Wildman–Crippen MR) is 134 cm³/mol. The lowest BCUT2D eigenvalue weighted by molar-refractivity contribution is 0.0725. The van der Waals surface area contributed by atoms with E-state index in [1.807, 2.05) is 0 Å². The summed E-state index contributed by atoms with van der Waals surface area (Å²) in [5.74, 6) is 0.432. The minimum Gasteiger partial charge on any atom is -0.497 e. The molecule has 0 aliphatic heterocycles. The Morgan fingerprint density at radius 3 is 1.08 bits per heavy atom. The number of rotatable bonds is 8. The van der Waals surface area contributed by atoms with Gasteiger partial charge in [-0.2, -0.15) is 0 Å². The van der Waals surface area contributed by atoms with Crippen LogP contribution in [0.5, 0.6) is 23.0 Å². The third-order valence-electron chi connectivity index (χ3n) is 5.34. The van der Waals surface area contributed by atoms with Crippen LogP contribution in [0.1, 0.15) is 20.7 Å². The molecule has 188 valence electrons. The van der Waals surface area contributed by atoms with Crippen molar-refractivity contribution in [3.05, 3.63) is 108 Å². The third-order valence-corrected chi connectivity index (χ3v) is 7.13. The van der Waals surface area contributed by atoms with E-state index in [0.29, 0.717) is 22.6 Å². The van der Waals surface area contributed by atoms with E-state index in [1.165, 1.54) is 62.8 Å². The smallest absolute Gasteiger partial charge is 0.343 e. The Hall–Kier alpha value is -4.63. The monoisotopic (exact) mass is 518 g/mol. The molecule has 0 saturated heterocycles. The normalized spacial score (nSPS) is 10.9. The molecule has 37 heavy (non-hydrogen) atoms. The van der Waals surface area contributed by atoms with Gasteiger partial charge in [0.15, 0.2) is 0 Å². The lowest BCUT2D eigenvalue weighted by Crippen LogP contribution is -2.09. The topological polar surface area (TPSA) is 105 Å². The van der Waals surface area contributed by atoms with Crippen molar-refractivity contribution < 1.29 is 37.0 Å². The van der Waals surface area contributed by atoms with Crippen molar-refractivity contribution in [1.29, 1.82) is 0 Å². The third kappa shape index (κ3) is 5.96. The van der Waals surface area contributed by atoms with E-state index in [9.17, 15) is 18.0 Å². The molecule has 0 unspecified atom stereocenters. The Morgan fingerprint density at radius 2 is 0.784 bits per heavy atom. The van der Waals surface area contributed by atoms with Gasteiger partial charge in [-0.25, -0.2) is 18.0 Å². The summed E-state index contributed by atoms with van der Waals surface area (Å²) in [5.41, 5.74) is 0.649. The van der Waals surface area contributed by atoms with E-state index in [0.717, 1.165) is 0 Å². The van der Waals surface area contributed by atoms with Crippen molar-refractivity contribution in [2.45, 2.75) is 9.79 Å². The Balaban J connectivity index is 1.42. The average Bonchev–Trinajstić information content (AvgIpc) is 2.93. The molecule has 4 aromatic rings. The maximum Gasteiger partial charge on any atom is 0.343 e. The van der Waals surface area contributed by atoms with Gasteiger partial charge < -0.3 is 18.9 Å². The lowest BCUT2D eigenvalue weighted by Gasteiger charge is -2.09. The van der Waals surface area contributed by atoms with Crippen LogP contribution < -0.4 is 18.9 Å². The number of esters is 2. The van der Waals surface area contributed by atoms with Gasteiger partial charge in [0.25, 0.3) is 0 Å². The van der Waals surface area contributed by atoms with Crippen molar-refractivity contribution in [3.63, 3.8) is 0 Å². The number of carbonyl (C=O) groups excluding carboxylic acids is 2. The first kappa shape index (κ1) is 25.5. The molecule has 0 fully saturated rings. The predicted octanol–water partition coefficient (Wildman–Crippen LogP) is 4.98. The number of sulfone groups is 1. The largest absolute Gasteiger partial charge is 0.497 e. The highest BCUT2D eigenvalue weighted by Gasteiger charge is 2.19. The van der Waals surface area contributed by atoms with Crippen LogP contribution in [0, 0.1) is 0 Å². The highest BCUT2D eigenvalue weighted by atomic mass is 32.2. The maximum atomic E-state index is 13.0. The highest BCUT2D eigenvalue weighted by Crippen LogP contribution is 2.26. The molecule has 0 N–H and O–H groups in total. The number of methoxy groups -OCH3 is 2. The fourth-order valence-electron chi connectivity index (χ4n) is 3.30. The average molecular weight is 519 g/mol. The highest BCUT2D eigenvalue weighted by molar-refractivity contribution is 7.91. The number of hydrogen-bond acceptors (Lipinski definition) is 8. The van der Waals surface area contributed by atoms with Gasteiger partial charge in [-0.3, -0.25) is 0 Å². The van der Waals surface area contributed by atoms with Crippen molar-refractivity contribution in [1.82, 2.24) is 0 Å². The SMILES string of the molecule is COc1ccc(C(=O)Oc2ccc(S(=O)(=O)c3ccc(OC(=O)c4ccc(OC)cc4)cc3)cc2)cc1. The molecular formula is C28H22O8S. The van der Waals surface area contributed by atoms with Crippen LogP contribution in [0.4, 0.5) is 0 Å². The van der Waals surface area contributed by atoms with Crippen LogP contribution >= 0.6 is 0 Å². The summed E-state index contributed by atoms with van der Waals surface area (Å²) in [6, 6.07) is 23.8. The summed E-state index contributed by atoms with van der Waals surface area (Å²) < 4.78 is 46.8. The quantitative estimate of drug-likeness (QED) is 0.238. The Kier molecular flexibility index (Phi) is 7.55. The second-order valence-electron chi connectivity index (χ2n) is 7.68. The zero-order valence-corrected chi connectivity index (χ0v) is 20.7. The second kappa shape index (κ2) is 11.0. The number of ether oxygens (including phenoxy) is 4. The number of benzene rings is 4. The molecule has 0 aromatic heterocycles. The lowest BCUT2D eigenvalue weighted by atomic mass is 10.2. The van der Waals surface area contributed by atoms with Gasteiger partial charge in [-0.1, -0.05) is 0 Å². The molecule has 4 aromatic carbocycles. The van der Waals surface area contributed by atoms with Crippen molar-refractivity contribution in [2.24, 2.45) is 0 Å². The standard InChI is InChI=1S/C28H22O8S/c1-33-21-7-3-19(4-8-21)27(29)35-23-11-15-25(16-12-23)37(31,32)26-17-13-24(14-18-26)36-28(30)20-5-9-22(34-2)10-6-20/h3-18H,1-2H3. The van der Waals surface area contributed by atoms with Crippen molar-refractivity contribution in [3.8, 4) is 23.0 Å². The van der Waals surface area contributed by atoms with Crippen LogP contribution in [0.15, 0.2) is 107 Å². The fourth-order valence-corrected chi connectivity index (χ4v) is 4.56. The van der Waals surface area contributed by atoms with Crippen molar-refractivity contribution >= 4 is 21.8 Å². The van der Waals surface area contributed by atoms with E-state index < -0.39 is 21.8 Å². The molecule has 8 nitrogen and oxygen atoms in total. The molecule has 0 saturated carbocycles. The molecule has 0 atom stereocenters. The number of hydrogen-bond donors (Lipinski definition) is 0. The van der Waals surface area contributed by atoms with Crippen LogP contribution in [0.2, 0.25) is 0 Å². The van der Waals surface area contributed by atoms with Crippen LogP contribution in [-0.4, -0.2) is 34.6 Å². The van der Waals surface area contributed by atoms with Gasteiger partial charge in [0.1, 0.15) is 23.0 Å². The van der Waals surface area contributed by atoms with E-state index >= 15 is 0 Å². The Labute approximate surface area is 213 Å². The van der Waals surface area contributed by atoms with Crippen molar-refractivity contribution in [2.75, 3.05) is 14.2 Å². The summed E-state index contributed by atoms with van der Waals surface area (Å²) in [6.45, 7) is 0. The van der Waals surface area contributed by atoms with Crippen LogP contribution in [-0.2, 0) is 9.84 Å². The van der Waals surface area contributed by atoms with Crippen LogP contribution in [0.25, 0.3) is 0 Å². The molecule has 0 spiro atoms. The first-order chi connectivity index (χ1) is 17.8. The summed E-state index contributed by atoms with van der Waals surface area (Å²) in [5, 5.41) is 0. The van der Waals surface area contributed by atoms with E-state index in [4.69, 9.17) is 18.9 Å². The van der Waals surface area contributed by atoms with Gasteiger partial charge >= 0.3 is 11.9 Å². The molecule has 0 radical (unpaired) electrons. The zero-order chi connectivity index (χ0) is 26.4. The van der Waals surface area contributed by atoms with Gasteiger partial charge in [0.05, 0.1) is 35.1 Å². The summed E-state index contributed by atoms with van der Waals surface area (Å²) in [6.07, 6.45) is 0. The van der Waals surface area contributed by atoms with Gasteiger partial charge in [-0.15, -0.1) is 0 Å². The van der Waals surface area contributed by atoms with Gasteiger partial charge in [-0.05, 0) is 97.1 Å². The van der Waals surface area contributed by atoms with Gasteiger partial charge in [0, 0.05) is 0 Å². The maximum absolute atomic E-state index is 13.0. The number of carbonyl (C=O) groups is 2. The molecule has 0 heterocycles. The molecule has 0 aliphatic rings. The molecule has 0 aliphatic carbocycles. The van der Waals surface area contributed by atoms with E-state index in [1.54, 1.807) is 48.5 Å². The van der Waals surface area contributed by atoms with E-state index in [2.05, 4.69) is 0 Å². The minimum absolute atomic E-state index is 0.0136. The van der Waals surface area contributed by atoms with E-state index in [-0.39, 0.29) is 21.3 Å². The Bertz CT molecular complexity index is 1380. The Morgan fingerprint density at radius 1 is 0.486 bits per heavy atom. The zero-order valence-electron chi connectivity index (χ0n) is 19.9. The summed E-state index contributed by atoms with van der Waals surface area (Å²) >= 11 is 0. The minimum atomic E-state index is -3.86. The molecule has 4 rings (SSSR count). The molecule has 0 amide bonds. The van der Waals surface area contributed by atoms with Gasteiger partial charge in [0.2, 0.25) is 9.84 Å². The van der Waals surface area contributed by atoms with Crippen LogP contribution in [0.3, 0.4) is 0 Å². The first-order valence-corrected chi connectivity index (χ1v) is 12.5. The molecule has 0 bridgehead atoms. The molecular weight excluding hydrogens is 496 g/mol. The second-order valence-corrected chi connectivity index (χ2v) is 9.63.